The van der Waals surface area contributed by atoms with Crippen LogP contribution in [-0.2, 0) is 9.53 Å². The highest BCUT2D eigenvalue weighted by atomic mass is 35.5. The Balaban J connectivity index is 1.91. The van der Waals surface area contributed by atoms with Crippen LogP contribution in [0.1, 0.15) is 10.5 Å². The van der Waals surface area contributed by atoms with Gasteiger partial charge in [0, 0.05) is 35.6 Å². The van der Waals surface area contributed by atoms with Crippen molar-refractivity contribution in [1.29, 1.82) is 0 Å². The van der Waals surface area contributed by atoms with Crippen LogP contribution in [0.5, 0.6) is 0 Å². The predicted octanol–water partition coefficient (Wildman–Crippen LogP) is 1.75. The van der Waals surface area contributed by atoms with E-state index in [0.29, 0.717) is 30.4 Å². The van der Waals surface area contributed by atoms with E-state index in [4.69, 9.17) is 16.3 Å². The number of hydrogen-bond donors (Lipinski definition) is 1. The number of hydrogen-bond acceptors (Lipinski definition) is 4. The number of amides is 1. The molecule has 23 heavy (non-hydrogen) atoms. The Morgan fingerprint density at radius 1 is 1.30 bits per heavy atom. The average Bonchev–Trinajstić information content (AvgIpc) is 2.96. The number of piperazine rings is 1. The summed E-state index contributed by atoms with van der Waals surface area (Å²) in [6.45, 7) is 1.65. The molecule has 1 N–H and O–H groups in total. The molecule has 1 aromatic heterocycles. The summed E-state index contributed by atoms with van der Waals surface area (Å²) in [4.78, 5) is 31.5. The van der Waals surface area contributed by atoms with E-state index in [1.54, 1.807) is 23.1 Å². The summed E-state index contributed by atoms with van der Waals surface area (Å²) in [7, 11) is 3.26. The number of fused-ring (bicyclic) bond motifs is 1. The largest absolute Gasteiger partial charge is 0.467 e. The molecular formula is C16H18ClN3O3. The lowest BCUT2D eigenvalue weighted by atomic mass is 10.1. The number of aromatic nitrogens is 1. The first kappa shape index (κ1) is 15.8. The second-order valence-electron chi connectivity index (χ2n) is 5.71. The molecule has 7 heteroatoms. The molecular weight excluding hydrogens is 318 g/mol. The van der Waals surface area contributed by atoms with Gasteiger partial charge in [-0.3, -0.25) is 4.79 Å². The van der Waals surface area contributed by atoms with E-state index in [-0.39, 0.29) is 5.91 Å². The topological polar surface area (TPSA) is 65.6 Å². The molecule has 2 heterocycles. The summed E-state index contributed by atoms with van der Waals surface area (Å²) in [5.74, 6) is -0.607. The van der Waals surface area contributed by atoms with Crippen LogP contribution in [0.3, 0.4) is 0 Å². The van der Waals surface area contributed by atoms with Crippen LogP contribution >= 0.6 is 11.6 Å². The second-order valence-corrected chi connectivity index (χ2v) is 6.15. The van der Waals surface area contributed by atoms with Gasteiger partial charge in [-0.25, -0.2) is 4.79 Å². The summed E-state index contributed by atoms with van der Waals surface area (Å²) in [5, 5.41) is 1.48. The molecule has 1 aliphatic rings. The molecule has 122 valence electrons. The van der Waals surface area contributed by atoms with Gasteiger partial charge in [-0.15, -0.1) is 0 Å². The van der Waals surface area contributed by atoms with Crippen molar-refractivity contribution in [3.05, 3.63) is 35.0 Å². The molecule has 1 unspecified atom stereocenters. The Hall–Kier alpha value is -2.05. The summed E-state index contributed by atoms with van der Waals surface area (Å²) in [6, 6.07) is 6.56. The van der Waals surface area contributed by atoms with Crippen LogP contribution in [0.15, 0.2) is 24.3 Å². The van der Waals surface area contributed by atoms with Crippen LogP contribution in [0.2, 0.25) is 5.02 Å². The molecule has 1 amide bonds. The number of carbonyl (C=O) groups is 2. The zero-order valence-corrected chi connectivity index (χ0v) is 13.8. The maximum Gasteiger partial charge on any atom is 0.329 e. The fourth-order valence-electron chi connectivity index (χ4n) is 2.87. The van der Waals surface area contributed by atoms with E-state index < -0.39 is 12.0 Å². The van der Waals surface area contributed by atoms with Crippen molar-refractivity contribution in [2.75, 3.05) is 33.8 Å². The molecule has 1 fully saturated rings. The number of nitrogens with one attached hydrogen (secondary N) is 1. The highest BCUT2D eigenvalue weighted by Gasteiger charge is 2.35. The maximum absolute atomic E-state index is 12.8. The van der Waals surface area contributed by atoms with Crippen molar-refractivity contribution >= 4 is 34.4 Å². The molecule has 1 aliphatic heterocycles. The highest BCUT2D eigenvalue weighted by molar-refractivity contribution is 6.31. The van der Waals surface area contributed by atoms with Crippen LogP contribution in [0, 0.1) is 0 Å². The van der Waals surface area contributed by atoms with Gasteiger partial charge in [0.05, 0.1) is 7.11 Å². The van der Waals surface area contributed by atoms with Gasteiger partial charge in [0.2, 0.25) is 0 Å². The van der Waals surface area contributed by atoms with Gasteiger partial charge in [-0.05, 0) is 31.3 Å². The smallest absolute Gasteiger partial charge is 0.329 e. The van der Waals surface area contributed by atoms with Crippen LogP contribution in [0.25, 0.3) is 10.9 Å². The molecule has 1 aromatic carbocycles. The van der Waals surface area contributed by atoms with Crippen molar-refractivity contribution in [3.63, 3.8) is 0 Å². The van der Waals surface area contributed by atoms with Gasteiger partial charge >= 0.3 is 5.97 Å². The number of aromatic amines is 1. The SMILES string of the molecule is COC(=O)C1CN(C)CCN1C(=O)c1cc2cc(Cl)ccc2[nH]1. The second kappa shape index (κ2) is 6.22. The minimum atomic E-state index is -0.596. The monoisotopic (exact) mass is 335 g/mol. The number of methoxy groups -OCH3 is 1. The van der Waals surface area contributed by atoms with Gasteiger partial charge in [0.1, 0.15) is 11.7 Å². The fraction of sp³-hybridized carbons (Fsp3) is 0.375. The first-order chi connectivity index (χ1) is 11.0. The van der Waals surface area contributed by atoms with Gasteiger partial charge in [0.25, 0.3) is 5.91 Å². The standard InChI is InChI=1S/C16H18ClN3O3/c1-19-5-6-20(14(9-19)16(22)23-2)15(21)13-8-10-7-11(17)3-4-12(10)18-13/h3-4,7-8,14,18H,5-6,9H2,1-2H3. The van der Waals surface area contributed by atoms with Crippen molar-refractivity contribution < 1.29 is 14.3 Å². The normalized spacial score (nSPS) is 19.1. The summed E-state index contributed by atoms with van der Waals surface area (Å²) in [6.07, 6.45) is 0. The van der Waals surface area contributed by atoms with Gasteiger partial charge in [0.15, 0.2) is 0 Å². The average molecular weight is 336 g/mol. The van der Waals surface area contributed by atoms with Gasteiger partial charge < -0.3 is 19.5 Å². The molecule has 0 aliphatic carbocycles. The Bertz CT molecular complexity index is 758. The molecule has 0 bridgehead atoms. The molecule has 0 spiro atoms. The lowest BCUT2D eigenvalue weighted by Crippen LogP contribution is -2.57. The van der Waals surface area contributed by atoms with E-state index in [1.807, 2.05) is 18.0 Å². The number of ether oxygens (including phenoxy) is 1. The number of halogens is 1. The van der Waals surface area contributed by atoms with E-state index in [2.05, 4.69) is 4.98 Å². The van der Waals surface area contributed by atoms with E-state index in [0.717, 1.165) is 10.9 Å². The Labute approximate surface area is 138 Å². The van der Waals surface area contributed by atoms with Crippen LogP contribution in [0.4, 0.5) is 0 Å². The summed E-state index contributed by atoms with van der Waals surface area (Å²) in [5.41, 5.74) is 1.28. The first-order valence-corrected chi connectivity index (χ1v) is 7.73. The molecule has 1 atom stereocenters. The number of likely N-dealkylation sites (N-methyl/N-ethyl adjacent to an activating group) is 1. The van der Waals surface area contributed by atoms with E-state index >= 15 is 0 Å². The lowest BCUT2D eigenvalue weighted by Gasteiger charge is -2.38. The highest BCUT2D eigenvalue weighted by Crippen LogP contribution is 2.22. The first-order valence-electron chi connectivity index (χ1n) is 7.35. The lowest BCUT2D eigenvalue weighted by molar-refractivity contribution is -0.148. The fourth-order valence-corrected chi connectivity index (χ4v) is 3.05. The summed E-state index contributed by atoms with van der Waals surface area (Å²) < 4.78 is 4.84. The Morgan fingerprint density at radius 2 is 2.09 bits per heavy atom. The molecule has 0 radical (unpaired) electrons. The summed E-state index contributed by atoms with van der Waals surface area (Å²) >= 11 is 5.98. The number of rotatable bonds is 2. The Morgan fingerprint density at radius 3 is 2.83 bits per heavy atom. The number of nitrogens with zero attached hydrogens (tertiary/aromatic N) is 2. The predicted molar refractivity (Wildman–Crippen MR) is 87.6 cm³/mol. The number of carbonyl (C=O) groups excluding carboxylic acids is 2. The Kier molecular flexibility index (Phi) is 4.28. The maximum atomic E-state index is 12.8. The van der Waals surface area contributed by atoms with Crippen molar-refractivity contribution in [2.45, 2.75) is 6.04 Å². The van der Waals surface area contributed by atoms with Gasteiger partial charge in [-0.1, -0.05) is 11.6 Å². The van der Waals surface area contributed by atoms with E-state index in [1.165, 1.54) is 7.11 Å². The van der Waals surface area contributed by atoms with E-state index in [9.17, 15) is 9.59 Å². The zero-order valence-electron chi connectivity index (χ0n) is 13.0. The number of H-pyrrole nitrogens is 1. The van der Waals surface area contributed by atoms with Crippen molar-refractivity contribution in [2.24, 2.45) is 0 Å². The quantitative estimate of drug-likeness (QED) is 0.849. The third-order valence-electron chi connectivity index (χ3n) is 4.13. The van der Waals surface area contributed by atoms with Gasteiger partial charge in [-0.2, -0.15) is 0 Å². The van der Waals surface area contributed by atoms with Crippen molar-refractivity contribution in [3.8, 4) is 0 Å². The third-order valence-corrected chi connectivity index (χ3v) is 4.37. The minimum absolute atomic E-state index is 0.208. The zero-order chi connectivity index (χ0) is 16.6. The number of esters is 1. The van der Waals surface area contributed by atoms with Crippen molar-refractivity contribution in [1.82, 2.24) is 14.8 Å². The molecule has 2 aromatic rings. The molecule has 6 nitrogen and oxygen atoms in total. The third kappa shape index (κ3) is 3.04. The van der Waals surface area contributed by atoms with Crippen LogP contribution in [-0.4, -0.2) is 66.5 Å². The number of benzene rings is 1. The molecule has 0 saturated carbocycles. The molecule has 3 rings (SSSR count). The van der Waals surface area contributed by atoms with Crippen LogP contribution < -0.4 is 0 Å². The molecule has 1 saturated heterocycles. The minimum Gasteiger partial charge on any atom is -0.467 e.